The summed E-state index contributed by atoms with van der Waals surface area (Å²) in [6.45, 7) is 8.88. The Morgan fingerprint density at radius 1 is 1.06 bits per heavy atom. The van der Waals surface area contributed by atoms with Crippen molar-refractivity contribution in [2.24, 2.45) is 0 Å². The van der Waals surface area contributed by atoms with Crippen LogP contribution in [0.5, 0.6) is 0 Å². The Balaban J connectivity index is 3.22. The summed E-state index contributed by atoms with van der Waals surface area (Å²) in [5.41, 5.74) is -1.93. The van der Waals surface area contributed by atoms with Crippen molar-refractivity contribution >= 4 is 0 Å². The maximum Gasteiger partial charge on any atom is 0.122 e. The zero-order chi connectivity index (χ0) is 12.9. The molecule has 0 heterocycles. The summed E-state index contributed by atoms with van der Waals surface area (Å²) in [4.78, 5) is 0. The van der Waals surface area contributed by atoms with Crippen molar-refractivity contribution in [1.29, 1.82) is 0 Å². The molecule has 0 aliphatic rings. The Labute approximate surface area is 103 Å². The molecule has 0 bridgehead atoms. The molecular formula is C15H20O2. The Morgan fingerprint density at radius 3 is 2.06 bits per heavy atom. The number of benzene rings is 1. The molecule has 92 valence electrons. The molecule has 2 unspecified atom stereocenters. The van der Waals surface area contributed by atoms with E-state index in [1.54, 1.807) is 31.2 Å². The molecule has 0 aliphatic heterocycles. The standard InChI is InChI=1S/C15H20O2/c1-4-11-14(3,16)15(17,12-5-2)13-9-7-6-8-10-13/h4-10,16-17H,1-2,11-12H2,3H3. The van der Waals surface area contributed by atoms with E-state index < -0.39 is 11.2 Å². The molecule has 1 aromatic rings. The highest BCUT2D eigenvalue weighted by Crippen LogP contribution is 2.38. The zero-order valence-electron chi connectivity index (χ0n) is 10.3. The molecule has 0 fully saturated rings. The first-order valence-electron chi connectivity index (χ1n) is 5.70. The monoisotopic (exact) mass is 232 g/mol. The zero-order valence-corrected chi connectivity index (χ0v) is 10.3. The lowest BCUT2D eigenvalue weighted by molar-refractivity contribution is -0.144. The van der Waals surface area contributed by atoms with Gasteiger partial charge in [0.15, 0.2) is 0 Å². The second kappa shape index (κ2) is 5.30. The van der Waals surface area contributed by atoms with Gasteiger partial charge in [0.1, 0.15) is 5.60 Å². The molecule has 17 heavy (non-hydrogen) atoms. The minimum atomic E-state index is -1.34. The Bertz CT molecular complexity index is 381. The van der Waals surface area contributed by atoms with Gasteiger partial charge in [-0.25, -0.2) is 0 Å². The van der Waals surface area contributed by atoms with Gasteiger partial charge < -0.3 is 10.2 Å². The molecule has 2 heteroatoms. The summed E-state index contributed by atoms with van der Waals surface area (Å²) < 4.78 is 0. The highest BCUT2D eigenvalue weighted by Gasteiger charge is 2.45. The van der Waals surface area contributed by atoms with Crippen molar-refractivity contribution in [2.45, 2.75) is 31.0 Å². The molecule has 1 aromatic carbocycles. The largest absolute Gasteiger partial charge is 0.386 e. The van der Waals surface area contributed by atoms with E-state index in [2.05, 4.69) is 13.2 Å². The lowest BCUT2D eigenvalue weighted by Crippen LogP contribution is -2.49. The third kappa shape index (κ3) is 2.65. The highest BCUT2D eigenvalue weighted by atomic mass is 16.4. The second-order valence-electron chi connectivity index (χ2n) is 4.49. The molecular weight excluding hydrogens is 212 g/mol. The fourth-order valence-electron chi connectivity index (χ4n) is 2.02. The average molecular weight is 232 g/mol. The minimum Gasteiger partial charge on any atom is -0.386 e. The van der Waals surface area contributed by atoms with Gasteiger partial charge in [-0.05, 0) is 18.9 Å². The van der Waals surface area contributed by atoms with Crippen LogP contribution in [0.3, 0.4) is 0 Å². The third-order valence-electron chi connectivity index (χ3n) is 3.12. The van der Waals surface area contributed by atoms with Gasteiger partial charge in [-0.2, -0.15) is 0 Å². The maximum atomic E-state index is 10.8. The van der Waals surface area contributed by atoms with Crippen LogP contribution in [-0.4, -0.2) is 15.8 Å². The SMILES string of the molecule is C=CCC(C)(O)C(O)(CC=C)c1ccccc1. The minimum absolute atomic E-state index is 0.290. The van der Waals surface area contributed by atoms with E-state index in [1.807, 2.05) is 18.2 Å². The van der Waals surface area contributed by atoms with Gasteiger partial charge in [-0.1, -0.05) is 42.5 Å². The topological polar surface area (TPSA) is 40.5 Å². The van der Waals surface area contributed by atoms with Gasteiger partial charge in [0, 0.05) is 6.42 Å². The van der Waals surface area contributed by atoms with Crippen LogP contribution in [0.15, 0.2) is 55.6 Å². The fraction of sp³-hybridized carbons (Fsp3) is 0.333. The summed E-state index contributed by atoms with van der Waals surface area (Å²) in [6, 6.07) is 9.17. The third-order valence-corrected chi connectivity index (χ3v) is 3.12. The van der Waals surface area contributed by atoms with E-state index in [-0.39, 0.29) is 6.42 Å². The molecule has 0 aliphatic carbocycles. The van der Waals surface area contributed by atoms with Gasteiger partial charge in [0.05, 0.1) is 5.60 Å². The predicted molar refractivity (Wildman–Crippen MR) is 70.6 cm³/mol. The first-order chi connectivity index (χ1) is 7.98. The van der Waals surface area contributed by atoms with Crippen LogP contribution in [0.4, 0.5) is 0 Å². The summed E-state index contributed by atoms with van der Waals surface area (Å²) >= 11 is 0. The van der Waals surface area contributed by atoms with Crippen molar-refractivity contribution in [1.82, 2.24) is 0 Å². The molecule has 2 atom stereocenters. The van der Waals surface area contributed by atoms with Crippen LogP contribution in [-0.2, 0) is 5.60 Å². The van der Waals surface area contributed by atoms with Crippen LogP contribution in [0.2, 0.25) is 0 Å². The number of aliphatic hydroxyl groups is 2. The first-order valence-corrected chi connectivity index (χ1v) is 5.70. The lowest BCUT2D eigenvalue weighted by atomic mass is 9.74. The molecule has 0 spiro atoms. The molecule has 0 radical (unpaired) electrons. The molecule has 2 nitrogen and oxygen atoms in total. The Morgan fingerprint density at radius 2 is 1.59 bits per heavy atom. The van der Waals surface area contributed by atoms with E-state index in [9.17, 15) is 10.2 Å². The summed E-state index contributed by atoms with van der Waals surface area (Å²) in [7, 11) is 0. The fourth-order valence-corrected chi connectivity index (χ4v) is 2.02. The Kier molecular flexibility index (Phi) is 4.27. The molecule has 1 rings (SSSR count). The summed E-state index contributed by atoms with van der Waals surface area (Å²) in [6.07, 6.45) is 3.83. The van der Waals surface area contributed by atoms with Gasteiger partial charge in [0.25, 0.3) is 0 Å². The van der Waals surface area contributed by atoms with Crippen molar-refractivity contribution in [3.63, 3.8) is 0 Å². The van der Waals surface area contributed by atoms with E-state index in [0.717, 1.165) is 0 Å². The van der Waals surface area contributed by atoms with E-state index in [0.29, 0.717) is 12.0 Å². The van der Waals surface area contributed by atoms with Gasteiger partial charge in [-0.3, -0.25) is 0 Å². The number of hydrogen-bond donors (Lipinski definition) is 2. The smallest absolute Gasteiger partial charge is 0.122 e. The van der Waals surface area contributed by atoms with Crippen molar-refractivity contribution in [3.8, 4) is 0 Å². The van der Waals surface area contributed by atoms with Crippen LogP contribution < -0.4 is 0 Å². The van der Waals surface area contributed by atoms with Crippen LogP contribution in [0, 0.1) is 0 Å². The van der Waals surface area contributed by atoms with Crippen LogP contribution in [0.25, 0.3) is 0 Å². The molecule has 0 aromatic heterocycles. The first kappa shape index (κ1) is 13.7. The average Bonchev–Trinajstić information content (AvgIpc) is 2.30. The quantitative estimate of drug-likeness (QED) is 0.740. The van der Waals surface area contributed by atoms with Crippen molar-refractivity contribution in [3.05, 3.63) is 61.2 Å². The van der Waals surface area contributed by atoms with Crippen LogP contribution in [0.1, 0.15) is 25.3 Å². The maximum absolute atomic E-state index is 10.8. The van der Waals surface area contributed by atoms with E-state index >= 15 is 0 Å². The summed E-state index contributed by atoms with van der Waals surface area (Å²) in [5.74, 6) is 0. The van der Waals surface area contributed by atoms with E-state index in [1.165, 1.54) is 0 Å². The second-order valence-corrected chi connectivity index (χ2v) is 4.49. The van der Waals surface area contributed by atoms with Crippen LogP contribution >= 0.6 is 0 Å². The van der Waals surface area contributed by atoms with Gasteiger partial charge >= 0.3 is 0 Å². The highest BCUT2D eigenvalue weighted by molar-refractivity contribution is 5.27. The normalized spacial score (nSPS) is 17.8. The predicted octanol–water partition coefficient (Wildman–Crippen LogP) is 2.78. The van der Waals surface area contributed by atoms with Gasteiger partial charge in [-0.15, -0.1) is 13.2 Å². The number of hydrogen-bond acceptors (Lipinski definition) is 2. The molecule has 0 saturated heterocycles. The van der Waals surface area contributed by atoms with E-state index in [4.69, 9.17) is 0 Å². The van der Waals surface area contributed by atoms with Crippen molar-refractivity contribution < 1.29 is 10.2 Å². The van der Waals surface area contributed by atoms with Gasteiger partial charge in [0.2, 0.25) is 0 Å². The molecule has 0 saturated carbocycles. The lowest BCUT2D eigenvalue weighted by Gasteiger charge is -2.41. The number of rotatable bonds is 6. The molecule has 2 N–H and O–H groups in total. The molecule has 0 amide bonds. The summed E-state index contributed by atoms with van der Waals surface area (Å²) in [5, 5.41) is 21.2. The van der Waals surface area contributed by atoms with Crippen molar-refractivity contribution in [2.75, 3.05) is 0 Å². The Hall–Kier alpha value is -1.38.